The lowest BCUT2D eigenvalue weighted by molar-refractivity contribution is 0.750. The molecular formula is C8H11N. The molecule has 2 heterocycles. The highest BCUT2D eigenvalue weighted by atomic mass is 15.0. The molecule has 0 saturated carbocycles. The predicted molar refractivity (Wildman–Crippen MR) is 37.5 cm³/mol. The SMILES string of the molecule is Cc1ccn2c1CCC2. The molecule has 1 heteroatoms. The van der Waals surface area contributed by atoms with Gasteiger partial charge in [0.25, 0.3) is 0 Å². The molecule has 0 amide bonds. The van der Waals surface area contributed by atoms with Gasteiger partial charge < -0.3 is 4.57 Å². The molecule has 1 aromatic rings. The van der Waals surface area contributed by atoms with Crippen LogP contribution in [0.1, 0.15) is 17.7 Å². The van der Waals surface area contributed by atoms with E-state index < -0.39 is 0 Å². The van der Waals surface area contributed by atoms with Crippen molar-refractivity contribution < 1.29 is 0 Å². The molecular weight excluding hydrogens is 110 g/mol. The van der Waals surface area contributed by atoms with Crippen molar-refractivity contribution in [3.63, 3.8) is 0 Å². The highest BCUT2D eigenvalue weighted by molar-refractivity contribution is 5.22. The first kappa shape index (κ1) is 5.10. The first-order chi connectivity index (χ1) is 4.38. The van der Waals surface area contributed by atoms with E-state index in [4.69, 9.17) is 0 Å². The number of hydrogen-bond donors (Lipinski definition) is 0. The summed E-state index contributed by atoms with van der Waals surface area (Å²) in [6.45, 7) is 3.43. The summed E-state index contributed by atoms with van der Waals surface area (Å²) in [5, 5.41) is 0. The smallest absolute Gasteiger partial charge is 0.0226 e. The molecule has 0 aromatic carbocycles. The molecule has 0 unspecified atom stereocenters. The molecule has 1 aromatic heterocycles. The van der Waals surface area contributed by atoms with Gasteiger partial charge in [-0.3, -0.25) is 0 Å². The molecule has 0 N–H and O–H groups in total. The molecule has 2 rings (SSSR count). The Morgan fingerprint density at radius 1 is 1.56 bits per heavy atom. The maximum absolute atomic E-state index is 2.36. The van der Waals surface area contributed by atoms with Crippen molar-refractivity contribution in [1.82, 2.24) is 4.57 Å². The second kappa shape index (κ2) is 1.63. The average molecular weight is 121 g/mol. The van der Waals surface area contributed by atoms with Gasteiger partial charge in [-0.05, 0) is 31.4 Å². The Kier molecular flexibility index (Phi) is 0.922. The normalized spacial score (nSPS) is 16.1. The third kappa shape index (κ3) is 0.607. The van der Waals surface area contributed by atoms with Crippen LogP contribution in [0.25, 0.3) is 0 Å². The number of nitrogens with zero attached hydrogens (tertiary/aromatic N) is 1. The lowest BCUT2D eigenvalue weighted by Crippen LogP contribution is -1.87. The van der Waals surface area contributed by atoms with Crippen LogP contribution in [0.3, 0.4) is 0 Å². The second-order valence-corrected chi connectivity index (χ2v) is 2.74. The molecule has 48 valence electrons. The van der Waals surface area contributed by atoms with Gasteiger partial charge in [-0.15, -0.1) is 0 Å². The van der Waals surface area contributed by atoms with E-state index in [0.717, 1.165) is 0 Å². The predicted octanol–water partition coefficient (Wildman–Crippen LogP) is 1.74. The Morgan fingerprint density at radius 2 is 2.44 bits per heavy atom. The summed E-state index contributed by atoms with van der Waals surface area (Å²) in [5.74, 6) is 0. The van der Waals surface area contributed by atoms with E-state index in [-0.39, 0.29) is 0 Å². The van der Waals surface area contributed by atoms with Crippen molar-refractivity contribution >= 4 is 0 Å². The molecule has 0 aliphatic carbocycles. The summed E-state index contributed by atoms with van der Waals surface area (Å²) >= 11 is 0. The van der Waals surface area contributed by atoms with Crippen LogP contribution in [-0.2, 0) is 13.0 Å². The minimum atomic E-state index is 1.24. The summed E-state index contributed by atoms with van der Waals surface area (Å²) < 4.78 is 2.36. The van der Waals surface area contributed by atoms with Gasteiger partial charge in [0.15, 0.2) is 0 Å². The standard InChI is InChI=1S/C8H11N/c1-7-4-6-9-5-2-3-8(7)9/h4,6H,2-3,5H2,1H3. The molecule has 0 spiro atoms. The van der Waals surface area contributed by atoms with Crippen molar-refractivity contribution in [3.8, 4) is 0 Å². The summed E-state index contributed by atoms with van der Waals surface area (Å²) in [4.78, 5) is 0. The van der Waals surface area contributed by atoms with Crippen LogP contribution in [0.5, 0.6) is 0 Å². The van der Waals surface area contributed by atoms with Crippen LogP contribution in [0.15, 0.2) is 12.3 Å². The zero-order valence-corrected chi connectivity index (χ0v) is 5.72. The molecule has 0 radical (unpaired) electrons. The highest BCUT2D eigenvalue weighted by Gasteiger charge is 2.10. The maximum Gasteiger partial charge on any atom is 0.0226 e. The van der Waals surface area contributed by atoms with Crippen molar-refractivity contribution in [2.75, 3.05) is 0 Å². The van der Waals surface area contributed by atoms with E-state index in [0.29, 0.717) is 0 Å². The fraction of sp³-hybridized carbons (Fsp3) is 0.500. The van der Waals surface area contributed by atoms with E-state index in [1.807, 2.05) is 0 Å². The van der Waals surface area contributed by atoms with E-state index in [1.165, 1.54) is 24.9 Å². The third-order valence-electron chi connectivity index (χ3n) is 2.12. The van der Waals surface area contributed by atoms with Crippen LogP contribution >= 0.6 is 0 Å². The number of aromatic nitrogens is 1. The molecule has 0 fully saturated rings. The van der Waals surface area contributed by atoms with Crippen LogP contribution in [0, 0.1) is 6.92 Å². The van der Waals surface area contributed by atoms with Crippen molar-refractivity contribution in [2.45, 2.75) is 26.3 Å². The van der Waals surface area contributed by atoms with Gasteiger partial charge in [0.05, 0.1) is 0 Å². The highest BCUT2D eigenvalue weighted by Crippen LogP contribution is 2.18. The second-order valence-electron chi connectivity index (χ2n) is 2.74. The largest absolute Gasteiger partial charge is 0.351 e. The Bertz CT molecular complexity index is 222. The number of aryl methyl sites for hydroxylation is 2. The molecule has 9 heavy (non-hydrogen) atoms. The molecule has 1 aliphatic heterocycles. The Hall–Kier alpha value is -0.720. The van der Waals surface area contributed by atoms with Crippen LogP contribution in [-0.4, -0.2) is 4.57 Å². The lowest BCUT2D eigenvalue weighted by Gasteiger charge is -1.93. The van der Waals surface area contributed by atoms with Gasteiger partial charge in [0, 0.05) is 18.4 Å². The first-order valence-electron chi connectivity index (χ1n) is 3.52. The van der Waals surface area contributed by atoms with E-state index in [2.05, 4.69) is 23.8 Å². The quantitative estimate of drug-likeness (QED) is 0.492. The molecule has 0 atom stereocenters. The Labute approximate surface area is 55.3 Å². The van der Waals surface area contributed by atoms with Gasteiger partial charge in [-0.2, -0.15) is 0 Å². The van der Waals surface area contributed by atoms with Crippen LogP contribution in [0.2, 0.25) is 0 Å². The first-order valence-corrected chi connectivity index (χ1v) is 3.52. The fourth-order valence-electron chi connectivity index (χ4n) is 1.58. The van der Waals surface area contributed by atoms with Gasteiger partial charge >= 0.3 is 0 Å². The Balaban J connectivity index is 2.56. The number of rotatable bonds is 0. The monoisotopic (exact) mass is 121 g/mol. The van der Waals surface area contributed by atoms with Crippen LogP contribution in [0.4, 0.5) is 0 Å². The van der Waals surface area contributed by atoms with Gasteiger partial charge in [-0.1, -0.05) is 0 Å². The van der Waals surface area contributed by atoms with Gasteiger partial charge in [0.1, 0.15) is 0 Å². The molecule has 0 saturated heterocycles. The van der Waals surface area contributed by atoms with E-state index in [9.17, 15) is 0 Å². The number of hydrogen-bond acceptors (Lipinski definition) is 0. The minimum absolute atomic E-state index is 1.24. The summed E-state index contributed by atoms with van der Waals surface area (Å²) in [5.41, 5.74) is 3.02. The summed E-state index contributed by atoms with van der Waals surface area (Å²) in [6, 6.07) is 2.20. The fourth-order valence-corrected chi connectivity index (χ4v) is 1.58. The third-order valence-corrected chi connectivity index (χ3v) is 2.12. The molecule has 1 aliphatic rings. The van der Waals surface area contributed by atoms with Crippen molar-refractivity contribution in [1.29, 1.82) is 0 Å². The van der Waals surface area contributed by atoms with E-state index in [1.54, 1.807) is 5.69 Å². The Morgan fingerprint density at radius 3 is 3.22 bits per heavy atom. The van der Waals surface area contributed by atoms with Crippen molar-refractivity contribution in [2.24, 2.45) is 0 Å². The zero-order valence-electron chi connectivity index (χ0n) is 5.72. The maximum atomic E-state index is 2.36. The van der Waals surface area contributed by atoms with Gasteiger partial charge in [0.2, 0.25) is 0 Å². The molecule has 0 bridgehead atoms. The minimum Gasteiger partial charge on any atom is -0.351 e. The lowest BCUT2D eigenvalue weighted by atomic mass is 10.2. The summed E-state index contributed by atoms with van der Waals surface area (Å²) in [7, 11) is 0. The van der Waals surface area contributed by atoms with Crippen LogP contribution < -0.4 is 0 Å². The zero-order chi connectivity index (χ0) is 6.27. The molecule has 1 nitrogen and oxygen atoms in total. The topological polar surface area (TPSA) is 4.93 Å². The average Bonchev–Trinajstić information content (AvgIpc) is 2.35. The van der Waals surface area contributed by atoms with Gasteiger partial charge in [-0.25, -0.2) is 0 Å². The number of fused-ring (bicyclic) bond motifs is 1. The van der Waals surface area contributed by atoms with Crippen molar-refractivity contribution in [3.05, 3.63) is 23.5 Å². The van der Waals surface area contributed by atoms with E-state index >= 15 is 0 Å². The summed E-state index contributed by atoms with van der Waals surface area (Å²) in [6.07, 6.45) is 4.83.